The number of nitrogens with one attached hydrogen (secondary N) is 2. The van der Waals surface area contributed by atoms with Crippen molar-refractivity contribution in [2.75, 3.05) is 26.6 Å². The first-order chi connectivity index (χ1) is 16.0. The lowest BCUT2D eigenvalue weighted by Crippen LogP contribution is -2.41. The number of aromatic nitrogens is 2. The van der Waals surface area contributed by atoms with Gasteiger partial charge in [-0.2, -0.15) is 0 Å². The van der Waals surface area contributed by atoms with E-state index in [1.165, 1.54) is 0 Å². The largest absolute Gasteiger partial charge is 0.494 e. The van der Waals surface area contributed by atoms with Crippen LogP contribution >= 0.6 is 0 Å². The van der Waals surface area contributed by atoms with Gasteiger partial charge in [0.2, 0.25) is 6.79 Å². The molecule has 2 heterocycles. The number of carbonyl (C=O) groups excluding carboxylic acids is 1. The van der Waals surface area contributed by atoms with E-state index >= 15 is 0 Å². The van der Waals surface area contributed by atoms with Gasteiger partial charge in [-0.05, 0) is 48.9 Å². The molecule has 10 nitrogen and oxygen atoms in total. The van der Waals surface area contributed by atoms with E-state index in [1.54, 1.807) is 42.5 Å². The Balaban J connectivity index is 1.37. The topological polar surface area (TPSA) is 121 Å². The van der Waals surface area contributed by atoms with Gasteiger partial charge in [0.1, 0.15) is 23.7 Å². The molecule has 2 aromatic carbocycles. The van der Waals surface area contributed by atoms with Crippen LogP contribution in [0.5, 0.6) is 23.0 Å². The SMILES string of the molecule is CCOc1ccc(OCCNC(=O)c2c[nH]c(=O)n(Cc3ccc4c(c3)OCO4)c2=O)cc1. The van der Waals surface area contributed by atoms with Crippen molar-refractivity contribution in [1.29, 1.82) is 0 Å². The lowest BCUT2D eigenvalue weighted by molar-refractivity contribution is 0.0944. The predicted octanol–water partition coefficient (Wildman–Crippen LogP) is 1.52. The maximum absolute atomic E-state index is 12.8. The summed E-state index contributed by atoms with van der Waals surface area (Å²) in [7, 11) is 0. The van der Waals surface area contributed by atoms with Crippen molar-refractivity contribution in [3.63, 3.8) is 0 Å². The third kappa shape index (κ3) is 5.17. The number of carbonyl (C=O) groups is 1. The molecule has 1 aromatic heterocycles. The summed E-state index contributed by atoms with van der Waals surface area (Å²) >= 11 is 0. The molecule has 0 spiro atoms. The fourth-order valence-electron chi connectivity index (χ4n) is 3.27. The van der Waals surface area contributed by atoms with E-state index in [4.69, 9.17) is 18.9 Å². The molecule has 0 unspecified atom stereocenters. The molecule has 1 amide bonds. The van der Waals surface area contributed by atoms with Crippen LogP contribution < -0.4 is 35.5 Å². The number of hydrogen-bond acceptors (Lipinski definition) is 7. The summed E-state index contributed by atoms with van der Waals surface area (Å²) in [6.45, 7) is 2.96. The third-order valence-corrected chi connectivity index (χ3v) is 4.87. The molecule has 0 saturated heterocycles. The van der Waals surface area contributed by atoms with Crippen LogP contribution in [0.4, 0.5) is 0 Å². The minimum absolute atomic E-state index is 0.0211. The quantitative estimate of drug-likeness (QED) is 0.471. The second-order valence-electron chi connectivity index (χ2n) is 7.10. The Labute approximate surface area is 188 Å². The zero-order chi connectivity index (χ0) is 23.2. The number of nitrogens with zero attached hydrogens (tertiary/aromatic N) is 1. The van der Waals surface area contributed by atoms with Gasteiger partial charge in [-0.1, -0.05) is 6.07 Å². The van der Waals surface area contributed by atoms with Gasteiger partial charge in [-0.3, -0.25) is 14.2 Å². The van der Waals surface area contributed by atoms with Crippen molar-refractivity contribution in [3.8, 4) is 23.0 Å². The highest BCUT2D eigenvalue weighted by Gasteiger charge is 2.17. The molecular formula is C23H23N3O7. The highest BCUT2D eigenvalue weighted by atomic mass is 16.7. The van der Waals surface area contributed by atoms with Crippen LogP contribution in [0, 0.1) is 0 Å². The average molecular weight is 453 g/mol. The number of aromatic amines is 1. The number of H-pyrrole nitrogens is 1. The number of fused-ring (bicyclic) bond motifs is 1. The van der Waals surface area contributed by atoms with E-state index in [1.807, 2.05) is 6.92 Å². The average Bonchev–Trinajstić information content (AvgIpc) is 3.28. The van der Waals surface area contributed by atoms with Crippen molar-refractivity contribution in [2.24, 2.45) is 0 Å². The monoisotopic (exact) mass is 453 g/mol. The summed E-state index contributed by atoms with van der Waals surface area (Å²) in [4.78, 5) is 40.0. The van der Waals surface area contributed by atoms with E-state index in [0.717, 1.165) is 16.5 Å². The van der Waals surface area contributed by atoms with E-state index in [9.17, 15) is 14.4 Å². The Bertz CT molecular complexity index is 1250. The van der Waals surface area contributed by atoms with Crippen LogP contribution in [-0.2, 0) is 6.54 Å². The molecule has 1 aliphatic heterocycles. The highest BCUT2D eigenvalue weighted by Crippen LogP contribution is 2.32. The summed E-state index contributed by atoms with van der Waals surface area (Å²) in [5.74, 6) is 1.90. The molecule has 172 valence electrons. The summed E-state index contributed by atoms with van der Waals surface area (Å²) in [5.41, 5.74) is -0.820. The van der Waals surface area contributed by atoms with Gasteiger partial charge >= 0.3 is 5.69 Å². The Morgan fingerprint density at radius 1 is 1.06 bits per heavy atom. The van der Waals surface area contributed by atoms with E-state index in [-0.39, 0.29) is 32.1 Å². The van der Waals surface area contributed by atoms with Gasteiger partial charge in [0.25, 0.3) is 11.5 Å². The smallest absolute Gasteiger partial charge is 0.328 e. The number of ether oxygens (including phenoxy) is 4. The van der Waals surface area contributed by atoms with Crippen LogP contribution in [0.25, 0.3) is 0 Å². The normalized spacial score (nSPS) is 11.8. The predicted molar refractivity (Wildman–Crippen MR) is 118 cm³/mol. The Morgan fingerprint density at radius 3 is 2.55 bits per heavy atom. The maximum atomic E-state index is 12.8. The van der Waals surface area contributed by atoms with E-state index in [2.05, 4.69) is 10.3 Å². The molecule has 4 rings (SSSR count). The number of amides is 1. The number of benzene rings is 2. The van der Waals surface area contributed by atoms with Crippen molar-refractivity contribution >= 4 is 5.91 Å². The van der Waals surface area contributed by atoms with Gasteiger partial charge in [-0.25, -0.2) is 4.79 Å². The fraction of sp³-hybridized carbons (Fsp3) is 0.261. The molecule has 0 radical (unpaired) electrons. The summed E-state index contributed by atoms with van der Waals surface area (Å²) in [6.07, 6.45) is 1.11. The van der Waals surface area contributed by atoms with Crippen LogP contribution in [0.3, 0.4) is 0 Å². The molecule has 3 aromatic rings. The van der Waals surface area contributed by atoms with Gasteiger partial charge in [-0.15, -0.1) is 0 Å². The Kier molecular flexibility index (Phi) is 6.63. The summed E-state index contributed by atoms with van der Waals surface area (Å²) in [6, 6.07) is 12.2. The van der Waals surface area contributed by atoms with Crippen molar-refractivity contribution < 1.29 is 23.7 Å². The van der Waals surface area contributed by atoms with Crippen LogP contribution in [0.2, 0.25) is 0 Å². The molecule has 10 heteroatoms. The van der Waals surface area contributed by atoms with Gasteiger partial charge < -0.3 is 29.2 Å². The lowest BCUT2D eigenvalue weighted by Gasteiger charge is -2.10. The number of rotatable bonds is 9. The molecular weight excluding hydrogens is 430 g/mol. The minimum Gasteiger partial charge on any atom is -0.494 e. The molecule has 33 heavy (non-hydrogen) atoms. The standard InChI is InChI=1S/C23H23N3O7/c1-2-30-16-4-6-17(7-5-16)31-10-9-24-21(27)18-12-25-23(29)26(22(18)28)13-15-3-8-19-20(11-15)33-14-32-19/h3-8,11-12H,2,9-10,13-14H2,1H3,(H,24,27)(H,25,29). The number of hydrogen-bond donors (Lipinski definition) is 2. The Hall–Kier alpha value is -4.21. The fourth-order valence-corrected chi connectivity index (χ4v) is 3.27. The van der Waals surface area contributed by atoms with Crippen molar-refractivity contribution in [1.82, 2.24) is 14.9 Å². The molecule has 1 aliphatic rings. The van der Waals surface area contributed by atoms with Gasteiger partial charge in [0, 0.05) is 6.20 Å². The van der Waals surface area contributed by atoms with Gasteiger partial charge in [0.15, 0.2) is 11.5 Å². The zero-order valence-corrected chi connectivity index (χ0v) is 18.0. The third-order valence-electron chi connectivity index (χ3n) is 4.87. The van der Waals surface area contributed by atoms with Crippen molar-refractivity contribution in [2.45, 2.75) is 13.5 Å². The minimum atomic E-state index is -0.693. The van der Waals surface area contributed by atoms with Crippen LogP contribution in [0.15, 0.2) is 58.3 Å². The molecule has 0 fully saturated rings. The summed E-state index contributed by atoms with van der Waals surface area (Å²) < 4.78 is 22.5. The van der Waals surface area contributed by atoms with Crippen LogP contribution in [-0.4, -0.2) is 42.0 Å². The zero-order valence-electron chi connectivity index (χ0n) is 18.0. The van der Waals surface area contributed by atoms with E-state index in [0.29, 0.717) is 29.4 Å². The second-order valence-corrected chi connectivity index (χ2v) is 7.10. The first-order valence-corrected chi connectivity index (χ1v) is 10.4. The molecule has 0 aliphatic carbocycles. The first kappa shape index (κ1) is 22.0. The molecule has 0 bridgehead atoms. The molecule has 0 atom stereocenters. The molecule has 2 N–H and O–H groups in total. The van der Waals surface area contributed by atoms with E-state index < -0.39 is 17.2 Å². The maximum Gasteiger partial charge on any atom is 0.328 e. The first-order valence-electron chi connectivity index (χ1n) is 10.4. The van der Waals surface area contributed by atoms with Gasteiger partial charge in [0.05, 0.1) is 19.7 Å². The highest BCUT2D eigenvalue weighted by molar-refractivity contribution is 5.93. The second kappa shape index (κ2) is 9.94. The summed E-state index contributed by atoms with van der Waals surface area (Å²) in [5, 5.41) is 2.63. The Morgan fingerprint density at radius 2 is 1.79 bits per heavy atom. The van der Waals surface area contributed by atoms with Crippen LogP contribution in [0.1, 0.15) is 22.8 Å². The van der Waals surface area contributed by atoms with Crippen molar-refractivity contribution in [3.05, 3.63) is 80.6 Å². The molecule has 0 saturated carbocycles. The lowest BCUT2D eigenvalue weighted by atomic mass is 10.2.